The predicted octanol–water partition coefficient (Wildman–Crippen LogP) is 3.24. The molecule has 3 aromatic rings. The molecule has 0 bridgehead atoms. The van der Waals surface area contributed by atoms with E-state index in [1.54, 1.807) is 0 Å². The van der Waals surface area contributed by atoms with Crippen molar-refractivity contribution in [3.05, 3.63) is 54.4 Å². The zero-order chi connectivity index (χ0) is 19.5. The van der Waals surface area contributed by atoms with Crippen LogP contribution in [0, 0.1) is 6.92 Å². The molecular formula is C21H24N4O3. The second-order valence-electron chi connectivity index (χ2n) is 6.91. The monoisotopic (exact) mass is 380 g/mol. The number of hydrogen-bond donors (Lipinski definition) is 2. The molecule has 3 heterocycles. The number of pyridine rings is 1. The van der Waals surface area contributed by atoms with E-state index in [-0.39, 0.29) is 18.2 Å². The number of carbonyl (C=O) groups is 1. The van der Waals surface area contributed by atoms with Crippen LogP contribution in [0.25, 0.3) is 16.9 Å². The van der Waals surface area contributed by atoms with Crippen molar-refractivity contribution in [3.63, 3.8) is 0 Å². The van der Waals surface area contributed by atoms with Gasteiger partial charge < -0.3 is 24.5 Å². The van der Waals surface area contributed by atoms with Crippen LogP contribution in [-0.2, 0) is 9.47 Å². The van der Waals surface area contributed by atoms with Crippen LogP contribution in [-0.4, -0.2) is 47.4 Å². The van der Waals surface area contributed by atoms with Crippen LogP contribution in [0.5, 0.6) is 0 Å². The maximum Gasteiger partial charge on any atom is 0.319 e. The highest BCUT2D eigenvalue weighted by Gasteiger charge is 2.30. The Bertz CT molecular complexity index is 967. The summed E-state index contributed by atoms with van der Waals surface area (Å²) < 4.78 is 13.0. The van der Waals surface area contributed by atoms with Crippen LogP contribution in [0.3, 0.4) is 0 Å². The molecule has 2 N–H and O–H groups in total. The molecule has 7 nitrogen and oxygen atoms in total. The Kier molecular flexibility index (Phi) is 5.27. The van der Waals surface area contributed by atoms with Crippen molar-refractivity contribution >= 4 is 17.4 Å². The molecule has 0 aliphatic carbocycles. The Morgan fingerprint density at radius 1 is 1.29 bits per heavy atom. The fourth-order valence-electron chi connectivity index (χ4n) is 3.33. The third-order valence-corrected chi connectivity index (χ3v) is 4.78. The van der Waals surface area contributed by atoms with Gasteiger partial charge in [0.25, 0.3) is 0 Å². The van der Waals surface area contributed by atoms with E-state index in [0.717, 1.165) is 16.9 Å². The summed E-state index contributed by atoms with van der Waals surface area (Å²) in [4.78, 5) is 16.9. The minimum absolute atomic E-state index is 0.100. The van der Waals surface area contributed by atoms with Gasteiger partial charge in [0, 0.05) is 30.3 Å². The number of hydrogen-bond acceptors (Lipinski definition) is 4. The zero-order valence-electron chi connectivity index (χ0n) is 16.0. The number of aryl methyl sites for hydroxylation is 1. The highest BCUT2D eigenvalue weighted by atomic mass is 16.5. The second kappa shape index (κ2) is 8.00. The van der Waals surface area contributed by atoms with Crippen molar-refractivity contribution in [1.29, 1.82) is 0 Å². The number of imidazole rings is 1. The molecule has 28 heavy (non-hydrogen) atoms. The molecule has 4 rings (SSSR count). The van der Waals surface area contributed by atoms with E-state index in [1.807, 2.05) is 61.0 Å². The first-order valence-corrected chi connectivity index (χ1v) is 9.45. The molecule has 1 saturated heterocycles. The van der Waals surface area contributed by atoms with Crippen LogP contribution in [0.1, 0.15) is 12.5 Å². The van der Waals surface area contributed by atoms with Crippen LogP contribution in [0.15, 0.2) is 48.8 Å². The van der Waals surface area contributed by atoms with Crippen molar-refractivity contribution in [1.82, 2.24) is 14.7 Å². The zero-order valence-corrected chi connectivity index (χ0v) is 16.0. The maximum absolute atomic E-state index is 12.3. The molecule has 1 aliphatic heterocycles. The Labute approximate surface area is 163 Å². The number of anilines is 1. The third kappa shape index (κ3) is 4.00. The van der Waals surface area contributed by atoms with Gasteiger partial charge in [-0.05, 0) is 43.7 Å². The molecule has 0 spiro atoms. The van der Waals surface area contributed by atoms with Crippen molar-refractivity contribution in [3.8, 4) is 11.3 Å². The number of rotatable bonds is 5. The number of fused-ring (bicyclic) bond motifs is 1. The highest BCUT2D eigenvalue weighted by molar-refractivity contribution is 5.89. The molecule has 146 valence electrons. The summed E-state index contributed by atoms with van der Waals surface area (Å²) in [7, 11) is 0. The van der Waals surface area contributed by atoms with Crippen molar-refractivity contribution < 1.29 is 14.3 Å². The third-order valence-electron chi connectivity index (χ3n) is 4.78. The normalized spacial score (nSPS) is 19.1. The predicted molar refractivity (Wildman–Crippen MR) is 108 cm³/mol. The summed E-state index contributed by atoms with van der Waals surface area (Å²) in [6.45, 7) is 5.55. The Hall–Kier alpha value is -2.90. The summed E-state index contributed by atoms with van der Waals surface area (Å²) in [6, 6.07) is 11.3. The average molecular weight is 380 g/mol. The molecule has 1 fully saturated rings. The number of benzene rings is 1. The Balaban J connectivity index is 1.40. The SMILES string of the molecule is CCO[C@H]1COC[C@@H]1NC(=O)Nc1ccc(-c2cn3ccc(C)cc3n2)cc1. The van der Waals surface area contributed by atoms with Crippen LogP contribution < -0.4 is 10.6 Å². The molecule has 0 unspecified atom stereocenters. The number of amides is 2. The molecule has 0 radical (unpaired) electrons. The lowest BCUT2D eigenvalue weighted by Crippen LogP contribution is -2.45. The molecule has 7 heteroatoms. The van der Waals surface area contributed by atoms with Gasteiger partial charge in [-0.1, -0.05) is 12.1 Å². The first-order valence-electron chi connectivity index (χ1n) is 9.45. The number of nitrogens with one attached hydrogen (secondary N) is 2. The summed E-state index contributed by atoms with van der Waals surface area (Å²) >= 11 is 0. The van der Waals surface area contributed by atoms with Gasteiger partial charge in [-0.25, -0.2) is 9.78 Å². The van der Waals surface area contributed by atoms with E-state index < -0.39 is 0 Å². The average Bonchev–Trinajstić information content (AvgIpc) is 3.29. The molecule has 1 aromatic carbocycles. The summed E-state index contributed by atoms with van der Waals surface area (Å²) in [5, 5.41) is 5.77. The fraction of sp³-hybridized carbons (Fsp3) is 0.333. The first-order chi connectivity index (χ1) is 13.6. The smallest absolute Gasteiger partial charge is 0.319 e. The lowest BCUT2D eigenvalue weighted by atomic mass is 10.1. The lowest BCUT2D eigenvalue weighted by Gasteiger charge is -2.19. The lowest BCUT2D eigenvalue weighted by molar-refractivity contribution is 0.0428. The summed E-state index contributed by atoms with van der Waals surface area (Å²) in [5.74, 6) is 0. The topological polar surface area (TPSA) is 76.9 Å². The van der Waals surface area contributed by atoms with Crippen molar-refractivity contribution in [2.75, 3.05) is 25.1 Å². The van der Waals surface area contributed by atoms with Crippen LogP contribution in [0.4, 0.5) is 10.5 Å². The molecule has 2 aromatic heterocycles. The van der Waals surface area contributed by atoms with Crippen LogP contribution in [0.2, 0.25) is 0 Å². The van der Waals surface area contributed by atoms with E-state index >= 15 is 0 Å². The minimum Gasteiger partial charge on any atom is -0.376 e. The largest absolute Gasteiger partial charge is 0.376 e. The second-order valence-corrected chi connectivity index (χ2v) is 6.91. The van der Waals surface area contributed by atoms with Gasteiger partial charge in [0.05, 0.1) is 24.9 Å². The van der Waals surface area contributed by atoms with Gasteiger partial charge in [-0.2, -0.15) is 0 Å². The van der Waals surface area contributed by atoms with E-state index in [2.05, 4.69) is 21.7 Å². The summed E-state index contributed by atoms with van der Waals surface area (Å²) in [6.07, 6.45) is 3.90. The number of carbonyl (C=O) groups excluding carboxylic acids is 1. The molecule has 1 aliphatic rings. The van der Waals surface area contributed by atoms with Gasteiger partial charge in [-0.3, -0.25) is 0 Å². The number of nitrogens with zero attached hydrogens (tertiary/aromatic N) is 2. The molecule has 2 amide bonds. The number of aromatic nitrogens is 2. The number of urea groups is 1. The Morgan fingerprint density at radius 2 is 2.11 bits per heavy atom. The van der Waals surface area contributed by atoms with Crippen molar-refractivity contribution in [2.24, 2.45) is 0 Å². The van der Waals surface area contributed by atoms with E-state index in [1.165, 1.54) is 5.56 Å². The van der Waals surface area contributed by atoms with Gasteiger partial charge in [0.1, 0.15) is 11.8 Å². The van der Waals surface area contributed by atoms with Gasteiger partial charge >= 0.3 is 6.03 Å². The van der Waals surface area contributed by atoms with E-state index in [4.69, 9.17) is 9.47 Å². The standard InChI is InChI=1S/C21H24N4O3/c1-3-28-19-13-27-12-18(19)24-21(26)22-16-6-4-15(5-7-16)17-11-25-9-8-14(2)10-20(25)23-17/h4-11,18-19H,3,12-13H2,1-2H3,(H2,22,24,26)/t18-,19-/m0/s1. The van der Waals surface area contributed by atoms with Gasteiger partial charge in [0.15, 0.2) is 0 Å². The van der Waals surface area contributed by atoms with E-state index in [9.17, 15) is 4.79 Å². The van der Waals surface area contributed by atoms with Crippen LogP contribution >= 0.6 is 0 Å². The maximum atomic E-state index is 12.3. The van der Waals surface area contributed by atoms with Gasteiger partial charge in [0.2, 0.25) is 0 Å². The number of ether oxygens (including phenoxy) is 2. The van der Waals surface area contributed by atoms with E-state index in [0.29, 0.717) is 25.5 Å². The molecule has 2 atom stereocenters. The fourth-order valence-corrected chi connectivity index (χ4v) is 3.33. The molecule has 0 saturated carbocycles. The molecular weight excluding hydrogens is 356 g/mol. The highest BCUT2D eigenvalue weighted by Crippen LogP contribution is 2.22. The summed E-state index contributed by atoms with van der Waals surface area (Å²) in [5.41, 5.74) is 4.69. The first kappa shape index (κ1) is 18.5. The minimum atomic E-state index is -0.267. The quantitative estimate of drug-likeness (QED) is 0.712. The van der Waals surface area contributed by atoms with Crippen molar-refractivity contribution in [2.45, 2.75) is 26.0 Å². The Morgan fingerprint density at radius 3 is 2.89 bits per heavy atom. The van der Waals surface area contributed by atoms with Gasteiger partial charge in [-0.15, -0.1) is 0 Å².